The second-order valence-electron chi connectivity index (χ2n) is 17.1. The molecule has 0 radical (unpaired) electrons. The van der Waals surface area contributed by atoms with E-state index in [9.17, 15) is 0 Å². The highest BCUT2D eigenvalue weighted by Crippen LogP contribution is 2.40. The Kier molecular flexibility index (Phi) is 8.69. The predicted octanol–water partition coefficient (Wildman–Crippen LogP) is 1.84. The van der Waals surface area contributed by atoms with Crippen LogP contribution in [0.5, 0.6) is 0 Å². The van der Waals surface area contributed by atoms with Crippen LogP contribution in [0.15, 0.2) is 164 Å². The Hall–Kier alpha value is -6.71. The van der Waals surface area contributed by atoms with Gasteiger partial charge in [-0.25, -0.2) is 0 Å². The average molecular weight is 770 g/mol. The van der Waals surface area contributed by atoms with E-state index in [1.54, 1.807) is 0 Å². The highest BCUT2D eigenvalue weighted by Gasteiger charge is 2.25. The number of fused-ring (bicyclic) bond motifs is 7. The number of aromatic nitrogens is 2. The summed E-state index contributed by atoms with van der Waals surface area (Å²) in [5.41, 5.74) is 24.3. The van der Waals surface area contributed by atoms with Crippen molar-refractivity contribution in [2.24, 2.45) is 0 Å². The molecular formula is C52H41B7N2. The van der Waals surface area contributed by atoms with Gasteiger partial charge < -0.3 is 9.13 Å². The molecule has 0 N–H and O–H groups in total. The third-order valence-corrected chi connectivity index (χ3v) is 14.0. The zero-order valence-electron chi connectivity index (χ0n) is 36.0. The smallest absolute Gasteiger partial charge is 0.141 e. The largest absolute Gasteiger partial charge is 0.310 e. The van der Waals surface area contributed by atoms with Crippen molar-refractivity contribution < 1.29 is 0 Å². The molecule has 0 aliphatic rings. The Balaban J connectivity index is 1.19. The number of nitrogens with zero attached hydrogens (tertiary/aromatic N) is 2. The quantitative estimate of drug-likeness (QED) is 0.237. The summed E-state index contributed by atoms with van der Waals surface area (Å²) in [6.07, 6.45) is 0. The van der Waals surface area contributed by atoms with Gasteiger partial charge in [0.15, 0.2) is 0 Å². The van der Waals surface area contributed by atoms with Crippen molar-refractivity contribution in [3.8, 4) is 44.8 Å². The van der Waals surface area contributed by atoms with Crippen LogP contribution in [0, 0.1) is 0 Å². The van der Waals surface area contributed by atoms with Gasteiger partial charge in [-0.05, 0) is 92.0 Å². The Morgan fingerprint density at radius 3 is 1.62 bits per heavy atom. The summed E-state index contributed by atoms with van der Waals surface area (Å²) in [6, 6.07) is 60.2. The van der Waals surface area contributed by atoms with E-state index in [-0.39, 0.29) is 0 Å². The summed E-state index contributed by atoms with van der Waals surface area (Å²) in [7, 11) is 16.3. The van der Waals surface area contributed by atoms with Gasteiger partial charge in [-0.15, -0.1) is 5.46 Å². The Morgan fingerprint density at radius 2 is 0.869 bits per heavy atom. The summed E-state index contributed by atoms with van der Waals surface area (Å²) >= 11 is 0. The van der Waals surface area contributed by atoms with Gasteiger partial charge in [0.05, 0.1) is 11.0 Å². The van der Waals surface area contributed by atoms with Crippen LogP contribution in [0.3, 0.4) is 0 Å². The summed E-state index contributed by atoms with van der Waals surface area (Å²) in [5, 5.41) is 7.80. The highest BCUT2D eigenvalue weighted by atomic mass is 15.0. The molecule has 9 aromatic carbocycles. The first-order valence-corrected chi connectivity index (χ1v) is 21.5. The fourth-order valence-electron chi connectivity index (χ4n) is 10.6. The molecule has 61 heavy (non-hydrogen) atoms. The Morgan fingerprint density at radius 1 is 0.311 bits per heavy atom. The second kappa shape index (κ2) is 14.2. The van der Waals surface area contributed by atoms with Crippen LogP contribution in [0.1, 0.15) is 0 Å². The van der Waals surface area contributed by atoms with E-state index in [0.29, 0.717) is 0 Å². The van der Waals surface area contributed by atoms with E-state index in [4.69, 9.17) is 0 Å². The molecule has 2 aromatic heterocycles. The summed E-state index contributed by atoms with van der Waals surface area (Å²) in [5.74, 6) is 0. The summed E-state index contributed by atoms with van der Waals surface area (Å²) < 4.78 is 5.01. The van der Waals surface area contributed by atoms with Gasteiger partial charge in [0.25, 0.3) is 0 Å². The van der Waals surface area contributed by atoms with Crippen molar-refractivity contribution >= 4 is 148 Å². The zero-order valence-corrected chi connectivity index (χ0v) is 36.0. The molecule has 0 unspecified atom stereocenters. The van der Waals surface area contributed by atoms with Crippen LogP contribution in [-0.4, -0.2) is 64.1 Å². The van der Waals surface area contributed by atoms with Crippen LogP contribution in [0.4, 0.5) is 0 Å². The first kappa shape index (κ1) is 37.3. The van der Waals surface area contributed by atoms with Crippen LogP contribution >= 0.6 is 0 Å². The lowest BCUT2D eigenvalue weighted by molar-refractivity contribution is 1.18. The molecule has 0 amide bonds. The lowest BCUT2D eigenvalue weighted by atomic mass is 9.64. The van der Waals surface area contributed by atoms with E-state index in [2.05, 4.69) is 228 Å². The number of hydrogen-bond donors (Lipinski definition) is 0. The monoisotopic (exact) mass is 770 g/mol. The molecular weight excluding hydrogens is 728 g/mol. The number of rotatable bonds is 5. The van der Waals surface area contributed by atoms with Crippen LogP contribution in [0.2, 0.25) is 0 Å². The molecule has 0 saturated carbocycles. The molecule has 11 rings (SSSR count). The summed E-state index contributed by atoms with van der Waals surface area (Å²) in [6.45, 7) is 0. The van der Waals surface area contributed by atoms with Gasteiger partial charge in [-0.2, -0.15) is 0 Å². The van der Waals surface area contributed by atoms with E-state index in [0.717, 1.165) is 0 Å². The van der Waals surface area contributed by atoms with Gasteiger partial charge in [0.2, 0.25) is 0 Å². The van der Waals surface area contributed by atoms with E-state index < -0.39 is 0 Å². The minimum Gasteiger partial charge on any atom is -0.310 e. The van der Waals surface area contributed by atoms with Crippen LogP contribution < -0.4 is 38.2 Å². The molecule has 0 aliphatic carbocycles. The molecule has 9 heteroatoms. The van der Waals surface area contributed by atoms with Crippen molar-refractivity contribution in [3.63, 3.8) is 0 Å². The van der Waals surface area contributed by atoms with E-state index in [1.807, 2.05) is 0 Å². The van der Waals surface area contributed by atoms with Crippen molar-refractivity contribution in [1.29, 1.82) is 0 Å². The molecule has 2 nitrogen and oxygen atoms in total. The Bertz CT molecular complexity index is 3590. The van der Waals surface area contributed by atoms with Gasteiger partial charge in [0, 0.05) is 38.6 Å². The molecule has 0 spiro atoms. The number of para-hydroxylation sites is 1. The summed E-state index contributed by atoms with van der Waals surface area (Å²) in [4.78, 5) is 0. The fourth-order valence-corrected chi connectivity index (χ4v) is 10.6. The molecule has 0 aliphatic heterocycles. The SMILES string of the molecule is Bc1c(B)c(B)c2c(c1B)c1c(B)c(-c3ccc4c(c3)c3c(-c5ccccc5)cccc3n4-c3ccccc3)c(B)c(B)c1n2-c1ccc(-c2cccc3ccccc23)cc1. The van der Waals surface area contributed by atoms with Gasteiger partial charge in [-0.3, -0.25) is 0 Å². The molecule has 0 saturated heterocycles. The number of hydrogen-bond acceptors (Lipinski definition) is 0. The van der Waals surface area contributed by atoms with E-state index in [1.165, 1.54) is 137 Å². The van der Waals surface area contributed by atoms with Crippen molar-refractivity contribution in [1.82, 2.24) is 9.13 Å². The molecule has 0 fully saturated rings. The topological polar surface area (TPSA) is 9.86 Å². The second-order valence-corrected chi connectivity index (χ2v) is 17.1. The van der Waals surface area contributed by atoms with Crippen molar-refractivity contribution in [2.75, 3.05) is 0 Å². The minimum absolute atomic E-state index is 1.17. The minimum atomic E-state index is 1.17. The fraction of sp³-hybridized carbons (Fsp3) is 0. The number of benzene rings is 9. The maximum atomic E-state index is 2.58. The van der Waals surface area contributed by atoms with E-state index >= 15 is 0 Å². The maximum absolute atomic E-state index is 2.58. The molecule has 11 aromatic rings. The first-order chi connectivity index (χ1) is 29.7. The molecule has 0 bridgehead atoms. The standard InChI is InChI=1S/C52H41B7N2/c53-44-40(31-23-26-38-37(27-31)41-36(29-11-3-1-4-12-29)19-10-20-39(41)60(38)32-15-5-2-6-16-32)45(54)49(58)51-42(44)43-46(55)47(56)48(57)50(59)52(43)61(51)33-24-21-30(22-25-33)35-18-9-14-28-13-7-8-17-34(28)35/h1-27H,53-59H2. The molecule has 2 heterocycles. The Labute approximate surface area is 363 Å². The van der Waals surface area contributed by atoms with Gasteiger partial charge >= 0.3 is 0 Å². The maximum Gasteiger partial charge on any atom is 0.141 e. The zero-order chi connectivity index (χ0) is 41.7. The average Bonchev–Trinajstić information content (AvgIpc) is 3.84. The predicted molar refractivity (Wildman–Crippen MR) is 286 cm³/mol. The third kappa shape index (κ3) is 5.53. The highest BCUT2D eigenvalue weighted by molar-refractivity contribution is 6.69. The lowest BCUT2D eigenvalue weighted by Gasteiger charge is -2.19. The first-order valence-electron chi connectivity index (χ1n) is 21.5. The van der Waals surface area contributed by atoms with Crippen LogP contribution in [0.25, 0.3) is 99.1 Å². The normalized spacial score (nSPS) is 11.7. The lowest BCUT2D eigenvalue weighted by Crippen LogP contribution is -2.48. The van der Waals surface area contributed by atoms with Crippen LogP contribution in [-0.2, 0) is 0 Å². The molecule has 0 atom stereocenters. The van der Waals surface area contributed by atoms with Gasteiger partial charge in [0.1, 0.15) is 54.9 Å². The van der Waals surface area contributed by atoms with Crippen molar-refractivity contribution in [3.05, 3.63) is 164 Å². The molecule has 280 valence electrons. The van der Waals surface area contributed by atoms with Crippen molar-refractivity contribution in [2.45, 2.75) is 0 Å². The third-order valence-electron chi connectivity index (χ3n) is 14.0. The van der Waals surface area contributed by atoms with Gasteiger partial charge in [-0.1, -0.05) is 154 Å².